The predicted molar refractivity (Wildman–Crippen MR) is 189 cm³/mol. The van der Waals surface area contributed by atoms with Crippen LogP contribution in [0.4, 0.5) is 0 Å². The van der Waals surface area contributed by atoms with E-state index in [0.29, 0.717) is 62.9 Å². The van der Waals surface area contributed by atoms with E-state index in [1.165, 1.54) is 23.0 Å². The SMILES string of the molecule is CCOC(=O)C1=C(C)N=c2s/c(=C/c3cc(Cl)cc(Br)c3OCc3ccc(Cl)cc3Cl)c(=O)n2[C@@H]1c1ccc(OC(C)C)c(OC)c1. The Morgan fingerprint density at radius 3 is 2.53 bits per heavy atom. The zero-order valence-corrected chi connectivity index (χ0v) is 30.7. The quantitative estimate of drug-likeness (QED) is 0.152. The number of halogens is 4. The van der Waals surface area contributed by atoms with Gasteiger partial charge in [-0.05, 0) is 91.7 Å². The maximum Gasteiger partial charge on any atom is 0.338 e. The van der Waals surface area contributed by atoms with E-state index in [2.05, 4.69) is 20.9 Å². The highest BCUT2D eigenvalue weighted by Crippen LogP contribution is 2.37. The van der Waals surface area contributed by atoms with Crippen molar-refractivity contribution in [2.24, 2.45) is 4.99 Å². The Morgan fingerprint density at radius 1 is 1.09 bits per heavy atom. The lowest BCUT2D eigenvalue weighted by Gasteiger charge is -2.25. The van der Waals surface area contributed by atoms with Gasteiger partial charge in [0.2, 0.25) is 0 Å². The van der Waals surface area contributed by atoms with E-state index in [-0.39, 0.29) is 30.5 Å². The topological polar surface area (TPSA) is 88.4 Å². The fraction of sp³-hybridized carbons (Fsp3) is 0.265. The normalized spacial score (nSPS) is 14.6. The molecule has 5 rings (SSSR count). The van der Waals surface area contributed by atoms with Crippen molar-refractivity contribution in [3.63, 3.8) is 0 Å². The highest BCUT2D eigenvalue weighted by molar-refractivity contribution is 9.10. The van der Waals surface area contributed by atoms with E-state index in [1.54, 1.807) is 62.4 Å². The number of aromatic nitrogens is 1. The van der Waals surface area contributed by atoms with Crippen LogP contribution in [0.15, 0.2) is 74.1 Å². The second-order valence-corrected chi connectivity index (χ2v) is 13.9. The molecular formula is C34H30BrCl3N2O6S. The number of allylic oxidation sites excluding steroid dienone is 1. The van der Waals surface area contributed by atoms with Gasteiger partial charge in [0.25, 0.3) is 5.56 Å². The molecule has 0 saturated heterocycles. The molecule has 1 atom stereocenters. The molecule has 1 aliphatic heterocycles. The van der Waals surface area contributed by atoms with Crippen molar-refractivity contribution in [3.05, 3.63) is 116 Å². The number of methoxy groups -OCH3 is 1. The molecule has 0 spiro atoms. The molecule has 3 aromatic carbocycles. The van der Waals surface area contributed by atoms with Crippen molar-refractivity contribution >= 4 is 74.1 Å². The summed E-state index contributed by atoms with van der Waals surface area (Å²) in [5.74, 6) is 0.889. The summed E-state index contributed by atoms with van der Waals surface area (Å²) in [4.78, 5) is 32.7. The van der Waals surface area contributed by atoms with Crippen LogP contribution in [-0.4, -0.2) is 30.4 Å². The number of esters is 1. The second-order valence-electron chi connectivity index (χ2n) is 10.7. The molecule has 0 aliphatic carbocycles. The van der Waals surface area contributed by atoms with Gasteiger partial charge in [0.15, 0.2) is 16.3 Å². The van der Waals surface area contributed by atoms with Gasteiger partial charge in [-0.1, -0.05) is 58.3 Å². The van der Waals surface area contributed by atoms with Crippen LogP contribution in [0.1, 0.15) is 50.4 Å². The zero-order valence-electron chi connectivity index (χ0n) is 26.0. The molecule has 246 valence electrons. The molecule has 0 amide bonds. The van der Waals surface area contributed by atoms with E-state index < -0.39 is 12.0 Å². The van der Waals surface area contributed by atoms with Crippen LogP contribution in [0, 0.1) is 0 Å². The van der Waals surface area contributed by atoms with Crippen molar-refractivity contribution in [2.75, 3.05) is 13.7 Å². The number of benzene rings is 3. The summed E-state index contributed by atoms with van der Waals surface area (Å²) in [6.07, 6.45) is 1.60. The van der Waals surface area contributed by atoms with Crippen LogP contribution in [0.3, 0.4) is 0 Å². The third-order valence-electron chi connectivity index (χ3n) is 7.09. The largest absolute Gasteiger partial charge is 0.493 e. The molecule has 0 unspecified atom stereocenters. The second kappa shape index (κ2) is 14.9. The third kappa shape index (κ3) is 7.57. The van der Waals surface area contributed by atoms with Crippen molar-refractivity contribution in [1.82, 2.24) is 4.57 Å². The lowest BCUT2D eigenvalue weighted by Crippen LogP contribution is -2.40. The number of hydrogen-bond acceptors (Lipinski definition) is 8. The average molecular weight is 781 g/mol. The first-order chi connectivity index (χ1) is 22.4. The number of thiazole rings is 1. The van der Waals surface area contributed by atoms with Gasteiger partial charge < -0.3 is 18.9 Å². The highest BCUT2D eigenvalue weighted by atomic mass is 79.9. The molecular weight excluding hydrogens is 751 g/mol. The van der Waals surface area contributed by atoms with Gasteiger partial charge in [-0.3, -0.25) is 9.36 Å². The van der Waals surface area contributed by atoms with Gasteiger partial charge in [-0.15, -0.1) is 0 Å². The Bertz CT molecular complexity index is 2070. The van der Waals surface area contributed by atoms with Gasteiger partial charge in [0, 0.05) is 26.2 Å². The number of nitrogens with zero attached hydrogens (tertiary/aromatic N) is 2. The number of ether oxygens (including phenoxy) is 4. The minimum Gasteiger partial charge on any atom is -0.493 e. The van der Waals surface area contributed by atoms with Crippen molar-refractivity contribution in [2.45, 2.75) is 46.4 Å². The minimum atomic E-state index is -0.844. The lowest BCUT2D eigenvalue weighted by molar-refractivity contribution is -0.139. The number of hydrogen-bond donors (Lipinski definition) is 0. The van der Waals surface area contributed by atoms with Crippen LogP contribution >= 0.6 is 62.1 Å². The Kier molecular flexibility index (Phi) is 11.1. The first-order valence-electron chi connectivity index (χ1n) is 14.5. The van der Waals surface area contributed by atoms with Gasteiger partial charge in [-0.25, -0.2) is 9.79 Å². The monoisotopic (exact) mass is 778 g/mol. The molecule has 1 aromatic heterocycles. The first-order valence-corrected chi connectivity index (χ1v) is 17.3. The molecule has 4 aromatic rings. The zero-order chi connectivity index (χ0) is 34.0. The van der Waals surface area contributed by atoms with Gasteiger partial charge in [0.1, 0.15) is 12.4 Å². The summed E-state index contributed by atoms with van der Waals surface area (Å²) in [7, 11) is 1.54. The highest BCUT2D eigenvalue weighted by Gasteiger charge is 2.34. The smallest absolute Gasteiger partial charge is 0.338 e. The molecule has 13 heteroatoms. The van der Waals surface area contributed by atoms with E-state index in [1.807, 2.05) is 19.9 Å². The molecule has 2 heterocycles. The third-order valence-corrected chi connectivity index (χ3v) is 9.47. The molecule has 8 nitrogen and oxygen atoms in total. The van der Waals surface area contributed by atoms with E-state index in [4.69, 9.17) is 53.8 Å². The Morgan fingerprint density at radius 2 is 1.85 bits per heavy atom. The van der Waals surface area contributed by atoms with E-state index in [9.17, 15) is 9.59 Å². The fourth-order valence-corrected chi connectivity index (χ4v) is 7.53. The summed E-state index contributed by atoms with van der Waals surface area (Å²) in [6.45, 7) is 7.58. The molecule has 0 radical (unpaired) electrons. The lowest BCUT2D eigenvalue weighted by atomic mass is 9.95. The van der Waals surface area contributed by atoms with Crippen LogP contribution in [0.5, 0.6) is 17.2 Å². The van der Waals surface area contributed by atoms with Crippen LogP contribution in [0.25, 0.3) is 6.08 Å². The molecule has 0 bridgehead atoms. The summed E-state index contributed by atoms with van der Waals surface area (Å²) >= 11 is 23.6. The van der Waals surface area contributed by atoms with Gasteiger partial charge >= 0.3 is 5.97 Å². The van der Waals surface area contributed by atoms with E-state index in [0.717, 1.165) is 5.56 Å². The Balaban J connectivity index is 1.66. The molecule has 0 fully saturated rings. The summed E-state index contributed by atoms with van der Waals surface area (Å²) < 4.78 is 25.6. The average Bonchev–Trinajstić information content (AvgIpc) is 3.30. The first kappa shape index (κ1) is 35.0. The number of carbonyl (C=O) groups excluding carboxylic acids is 1. The molecule has 0 saturated carbocycles. The van der Waals surface area contributed by atoms with Crippen LogP contribution in [-0.2, 0) is 16.1 Å². The Labute approximate surface area is 298 Å². The molecule has 1 aliphatic rings. The number of rotatable bonds is 10. The summed E-state index contributed by atoms with van der Waals surface area (Å²) in [5, 5.41) is 1.41. The predicted octanol–water partition coefficient (Wildman–Crippen LogP) is 7.90. The maximum atomic E-state index is 14.3. The molecule has 47 heavy (non-hydrogen) atoms. The van der Waals surface area contributed by atoms with Crippen molar-refractivity contribution in [3.8, 4) is 17.2 Å². The van der Waals surface area contributed by atoms with Gasteiger partial charge in [0.05, 0.1) is 46.1 Å². The summed E-state index contributed by atoms with van der Waals surface area (Å²) in [6, 6.07) is 13.1. The van der Waals surface area contributed by atoms with Crippen LogP contribution in [0.2, 0.25) is 15.1 Å². The van der Waals surface area contributed by atoms with Crippen molar-refractivity contribution in [1.29, 1.82) is 0 Å². The fourth-order valence-electron chi connectivity index (χ4n) is 5.08. The van der Waals surface area contributed by atoms with Crippen molar-refractivity contribution < 1.29 is 23.7 Å². The molecule has 0 N–H and O–H groups in total. The van der Waals surface area contributed by atoms with E-state index >= 15 is 0 Å². The van der Waals surface area contributed by atoms with Crippen LogP contribution < -0.4 is 29.1 Å². The minimum absolute atomic E-state index is 0.0896. The standard InChI is InChI=1S/C34H30BrCl3N2O6S/c1-6-44-33(42)29-18(4)39-34-40(30(29)19-8-10-26(46-17(2)3)27(12-19)43-5)32(41)28(47-34)13-21-11-23(37)14-24(35)31(21)45-16-20-7-9-22(36)15-25(20)38/h7-15,17,30H,6,16H2,1-5H3/b28-13+/t30-/m1/s1. The van der Waals surface area contributed by atoms with Gasteiger partial charge in [-0.2, -0.15) is 0 Å². The Hall–Kier alpha value is -3.28. The summed E-state index contributed by atoms with van der Waals surface area (Å²) in [5.41, 5.74) is 2.23. The number of carbonyl (C=O) groups is 1. The maximum absolute atomic E-state index is 14.3. The number of fused-ring (bicyclic) bond motifs is 1.